The van der Waals surface area contributed by atoms with Gasteiger partial charge in [-0.3, -0.25) is 9.59 Å². The number of carboxylic acids is 1. The lowest BCUT2D eigenvalue weighted by Crippen LogP contribution is -2.31. The Bertz CT molecular complexity index is 1550. The van der Waals surface area contributed by atoms with Gasteiger partial charge in [-0.25, -0.2) is 0 Å². The van der Waals surface area contributed by atoms with Gasteiger partial charge in [0, 0.05) is 36.3 Å². The van der Waals surface area contributed by atoms with E-state index in [2.05, 4.69) is 20.8 Å². The van der Waals surface area contributed by atoms with Gasteiger partial charge < -0.3 is 30.1 Å². The van der Waals surface area contributed by atoms with Crippen LogP contribution in [0.2, 0.25) is 0 Å². The minimum Gasteiger partial charge on any atom is -0.508 e. The molecule has 0 spiro atoms. The van der Waals surface area contributed by atoms with Gasteiger partial charge >= 0.3 is 5.97 Å². The van der Waals surface area contributed by atoms with Crippen LogP contribution in [0, 0.1) is 0 Å². The molecule has 0 bridgehead atoms. The Hall–Kier alpha value is -4.30. The number of amides is 1. The van der Waals surface area contributed by atoms with Crippen LogP contribution < -0.4 is 5.32 Å². The normalized spacial score (nSPS) is 18.2. The number of nitrogens with one attached hydrogen (secondary N) is 1. The molecule has 1 aliphatic rings. The van der Waals surface area contributed by atoms with E-state index in [1.165, 1.54) is 11.8 Å². The first kappa shape index (κ1) is 31.1. The Morgan fingerprint density at radius 3 is 2.50 bits per heavy atom. The van der Waals surface area contributed by atoms with Gasteiger partial charge in [0.15, 0.2) is 6.29 Å². The Morgan fingerprint density at radius 1 is 0.977 bits per heavy atom. The van der Waals surface area contributed by atoms with Crippen molar-refractivity contribution in [3.05, 3.63) is 89.5 Å². The Morgan fingerprint density at radius 2 is 1.75 bits per heavy atom. The molecule has 3 aromatic carbocycles. The number of carbonyl (C=O) groups excluding carboxylic acids is 1. The van der Waals surface area contributed by atoms with Gasteiger partial charge in [-0.15, -0.1) is 5.10 Å². The number of ether oxygens (including phenoxy) is 2. The van der Waals surface area contributed by atoms with Crippen LogP contribution >= 0.6 is 11.8 Å². The molecule has 4 N–H and O–H groups in total. The van der Waals surface area contributed by atoms with Gasteiger partial charge in [0.05, 0.1) is 24.5 Å². The van der Waals surface area contributed by atoms with Gasteiger partial charge in [-0.05, 0) is 70.8 Å². The molecule has 13 heteroatoms. The highest BCUT2D eigenvalue weighted by atomic mass is 32.2. The lowest BCUT2D eigenvalue weighted by atomic mass is 10.0. The molecular weight excluding hydrogens is 586 g/mol. The fraction of sp³-hybridized carbons (Fsp3) is 0.323. The highest BCUT2D eigenvalue weighted by molar-refractivity contribution is 7.99. The molecule has 0 unspecified atom stereocenters. The molecule has 0 saturated carbocycles. The third kappa shape index (κ3) is 8.41. The average molecular weight is 620 g/mol. The second-order valence-electron chi connectivity index (χ2n) is 10.3. The maximum Gasteiger partial charge on any atom is 0.303 e. The van der Waals surface area contributed by atoms with Crippen LogP contribution in [0.1, 0.15) is 61.2 Å². The zero-order chi connectivity index (χ0) is 30.9. The van der Waals surface area contributed by atoms with E-state index in [0.29, 0.717) is 41.5 Å². The Kier molecular flexibility index (Phi) is 10.6. The SMILES string of the molecule is O=C(O)CCCCC(=O)Nc1cccc([C@@H]2O[C@H](CSc3nnnn3-c3ccc(O)cc3)C[C@H](c3ccc(CO)cc3)O2)c1. The molecule has 0 aliphatic carbocycles. The van der Waals surface area contributed by atoms with E-state index >= 15 is 0 Å². The number of thioether (sulfide) groups is 1. The van der Waals surface area contributed by atoms with Crippen molar-refractivity contribution in [3.8, 4) is 11.4 Å². The number of phenols is 1. The highest BCUT2D eigenvalue weighted by Gasteiger charge is 2.33. The maximum absolute atomic E-state index is 12.5. The van der Waals surface area contributed by atoms with Crippen molar-refractivity contribution >= 4 is 29.3 Å². The molecule has 230 valence electrons. The van der Waals surface area contributed by atoms with Crippen LogP contribution in [0.15, 0.2) is 78.0 Å². The molecule has 1 aliphatic heterocycles. The number of hydrogen-bond donors (Lipinski definition) is 4. The van der Waals surface area contributed by atoms with Gasteiger partial charge in [0.2, 0.25) is 11.1 Å². The number of carbonyl (C=O) groups is 2. The number of benzene rings is 3. The zero-order valence-electron chi connectivity index (χ0n) is 23.8. The summed E-state index contributed by atoms with van der Waals surface area (Å²) < 4.78 is 14.5. The summed E-state index contributed by atoms with van der Waals surface area (Å²) in [5.41, 5.74) is 3.78. The number of tetrazole rings is 1. The van der Waals surface area contributed by atoms with Crippen LogP contribution in [-0.4, -0.2) is 59.3 Å². The first-order valence-electron chi connectivity index (χ1n) is 14.2. The lowest BCUT2D eigenvalue weighted by Gasteiger charge is -2.36. The van der Waals surface area contributed by atoms with Crippen molar-refractivity contribution < 1.29 is 34.4 Å². The molecule has 12 nitrogen and oxygen atoms in total. The highest BCUT2D eigenvalue weighted by Crippen LogP contribution is 2.40. The summed E-state index contributed by atoms with van der Waals surface area (Å²) >= 11 is 1.44. The number of aromatic hydroxyl groups is 1. The zero-order valence-corrected chi connectivity index (χ0v) is 24.6. The monoisotopic (exact) mass is 619 g/mol. The van der Waals surface area contributed by atoms with Crippen LogP contribution in [0.25, 0.3) is 5.69 Å². The molecule has 3 atom stereocenters. The summed E-state index contributed by atoms with van der Waals surface area (Å²) in [6, 6.07) is 21.5. The second-order valence-corrected chi connectivity index (χ2v) is 11.3. The third-order valence-corrected chi connectivity index (χ3v) is 8.09. The summed E-state index contributed by atoms with van der Waals surface area (Å²) in [4.78, 5) is 23.2. The minimum absolute atomic E-state index is 0.0359. The summed E-state index contributed by atoms with van der Waals surface area (Å²) in [5.74, 6) is -0.396. The fourth-order valence-electron chi connectivity index (χ4n) is 4.76. The molecule has 2 heterocycles. The minimum atomic E-state index is -0.874. The van der Waals surface area contributed by atoms with Gasteiger partial charge in [0.1, 0.15) is 5.75 Å². The molecule has 4 aromatic rings. The van der Waals surface area contributed by atoms with E-state index in [4.69, 9.17) is 14.6 Å². The maximum atomic E-state index is 12.5. The van der Waals surface area contributed by atoms with Gasteiger partial charge in [0.25, 0.3) is 0 Å². The number of rotatable bonds is 13. The number of aliphatic hydroxyl groups is 1. The van der Waals surface area contributed by atoms with E-state index in [9.17, 15) is 19.8 Å². The van der Waals surface area contributed by atoms with Crippen molar-refractivity contribution in [2.45, 2.75) is 62.4 Å². The number of nitrogens with zero attached hydrogens (tertiary/aromatic N) is 4. The number of phenolic OH excluding ortho intramolecular Hbond substituents is 1. The molecule has 44 heavy (non-hydrogen) atoms. The van der Waals surface area contributed by atoms with Crippen molar-refractivity contribution in [2.24, 2.45) is 0 Å². The molecule has 1 saturated heterocycles. The van der Waals surface area contributed by atoms with Crippen molar-refractivity contribution in [3.63, 3.8) is 0 Å². The van der Waals surface area contributed by atoms with Crippen molar-refractivity contribution in [1.82, 2.24) is 20.2 Å². The van der Waals surface area contributed by atoms with Crippen molar-refractivity contribution in [2.75, 3.05) is 11.1 Å². The Balaban J connectivity index is 1.30. The van der Waals surface area contributed by atoms with Crippen LogP contribution in [-0.2, 0) is 25.7 Å². The average Bonchev–Trinajstić information content (AvgIpc) is 3.51. The molecule has 1 aromatic heterocycles. The Labute approximate surface area is 258 Å². The fourth-order valence-corrected chi connectivity index (χ4v) is 5.67. The summed E-state index contributed by atoms with van der Waals surface area (Å²) in [5, 5.41) is 43.5. The van der Waals surface area contributed by atoms with Crippen LogP contribution in [0.4, 0.5) is 5.69 Å². The molecular formula is C31H33N5O7S. The largest absolute Gasteiger partial charge is 0.508 e. The van der Waals surface area contributed by atoms with E-state index < -0.39 is 12.3 Å². The summed E-state index contributed by atoms with van der Waals surface area (Å²) in [6.07, 6.45) is 0.475. The first-order valence-corrected chi connectivity index (χ1v) is 15.2. The number of carboxylic acid groups (broad SMARTS) is 1. The van der Waals surface area contributed by atoms with Crippen LogP contribution in [0.3, 0.4) is 0 Å². The van der Waals surface area contributed by atoms with E-state index in [1.807, 2.05) is 42.5 Å². The van der Waals surface area contributed by atoms with Crippen LogP contribution in [0.5, 0.6) is 5.75 Å². The predicted octanol–water partition coefficient (Wildman–Crippen LogP) is 4.78. The molecule has 5 rings (SSSR count). The van der Waals surface area contributed by atoms with Gasteiger partial charge in [-0.2, -0.15) is 4.68 Å². The van der Waals surface area contributed by atoms with E-state index in [1.54, 1.807) is 35.0 Å². The summed E-state index contributed by atoms with van der Waals surface area (Å²) in [6.45, 7) is -0.0510. The number of aliphatic carboxylic acids is 1. The number of unbranched alkanes of at least 4 members (excludes halogenated alkanes) is 1. The van der Waals surface area contributed by atoms with E-state index in [-0.39, 0.29) is 43.3 Å². The first-order chi connectivity index (χ1) is 21.4. The smallest absolute Gasteiger partial charge is 0.303 e. The molecule has 1 amide bonds. The van der Waals surface area contributed by atoms with Crippen molar-refractivity contribution in [1.29, 1.82) is 0 Å². The number of hydrogen-bond acceptors (Lipinski definition) is 10. The number of aliphatic hydroxyl groups excluding tert-OH is 1. The quantitative estimate of drug-likeness (QED) is 0.120. The third-order valence-electron chi connectivity index (χ3n) is 7.04. The lowest BCUT2D eigenvalue weighted by molar-refractivity contribution is -0.245. The molecule has 1 fully saturated rings. The van der Waals surface area contributed by atoms with E-state index in [0.717, 1.165) is 16.7 Å². The molecule has 0 radical (unpaired) electrons. The van der Waals surface area contributed by atoms with Gasteiger partial charge in [-0.1, -0.05) is 48.2 Å². The number of anilines is 1. The number of aromatic nitrogens is 4. The predicted molar refractivity (Wildman–Crippen MR) is 161 cm³/mol. The summed E-state index contributed by atoms with van der Waals surface area (Å²) in [7, 11) is 0. The topological polar surface area (TPSA) is 169 Å². The second kappa shape index (κ2) is 14.9. The standard InChI is InChI=1S/C31H33N5O7S/c37-18-20-8-10-21(11-9-20)27-17-26(19-44-31-33-34-35-36(31)24-12-14-25(38)15-13-24)42-30(43-27)22-4-3-5-23(16-22)32-28(39)6-1-2-7-29(40)41/h3-5,8-16,26-27,30,37-38H,1-2,6-7,17-19H2,(H,32,39)(H,40,41)/t26-,27+,30+/m0/s1.